The van der Waals surface area contributed by atoms with Crippen LogP contribution in [0.25, 0.3) is 0 Å². The summed E-state index contributed by atoms with van der Waals surface area (Å²) in [6.45, 7) is 59.7. The molecule has 5 amide bonds. The largest absolute Gasteiger partial charge is 0.463 e. The number of esters is 3. The van der Waals surface area contributed by atoms with E-state index in [0.717, 1.165) is 151 Å². The second kappa shape index (κ2) is 46.1. The van der Waals surface area contributed by atoms with E-state index in [1.54, 1.807) is 19.0 Å². The number of rotatable bonds is 25. The summed E-state index contributed by atoms with van der Waals surface area (Å²) >= 11 is 0. The lowest BCUT2D eigenvalue weighted by Crippen LogP contribution is -2.43. The maximum absolute atomic E-state index is 12.3. The molecular formula is C91H165N5O13. The van der Waals surface area contributed by atoms with Crippen molar-refractivity contribution < 1.29 is 62.0 Å². The Morgan fingerprint density at radius 1 is 0.578 bits per heavy atom. The zero-order valence-electron chi connectivity index (χ0n) is 74.9. The van der Waals surface area contributed by atoms with Crippen LogP contribution in [-0.2, 0) is 62.0 Å². The van der Waals surface area contributed by atoms with Crippen LogP contribution in [0.15, 0.2) is 12.2 Å². The molecule has 18 nitrogen and oxygen atoms in total. The number of hydrogen-bond donors (Lipinski definition) is 1. The van der Waals surface area contributed by atoms with E-state index in [-0.39, 0.29) is 105 Å². The maximum atomic E-state index is 12.3. The van der Waals surface area contributed by atoms with Crippen molar-refractivity contribution in [2.75, 3.05) is 73.2 Å². The average Bonchev–Trinajstić information content (AvgIpc) is 1.56. The van der Waals surface area contributed by atoms with Gasteiger partial charge in [-0.15, -0.1) is 0 Å². The van der Waals surface area contributed by atoms with Gasteiger partial charge in [0.05, 0.1) is 42.2 Å². The Hall–Kier alpha value is -4.58. The summed E-state index contributed by atoms with van der Waals surface area (Å²) in [4.78, 5) is 100.0. The number of allylic oxidation sites excluding steroid dienone is 2. The highest BCUT2D eigenvalue weighted by molar-refractivity contribution is 5.80. The summed E-state index contributed by atoms with van der Waals surface area (Å²) in [5.74, 6) is 9.26. The van der Waals surface area contributed by atoms with Crippen LogP contribution in [-0.4, -0.2) is 171 Å². The monoisotopic (exact) mass is 1540 g/mol. The minimum atomic E-state index is -0.381. The number of nitrogens with one attached hydrogen (secondary N) is 1. The Morgan fingerprint density at radius 2 is 1.10 bits per heavy atom. The molecule has 9 fully saturated rings. The third-order valence-electron chi connectivity index (χ3n) is 28.2. The molecule has 7 saturated carbocycles. The number of nitrogens with zero attached hydrogens (tertiary/aromatic N) is 4. The van der Waals surface area contributed by atoms with Gasteiger partial charge in [-0.2, -0.15) is 0 Å². The molecule has 10 aliphatic rings. The first-order chi connectivity index (χ1) is 51.0. The fourth-order valence-electron chi connectivity index (χ4n) is 17.5. The summed E-state index contributed by atoms with van der Waals surface area (Å²) in [5.41, 5.74) is -0.543. The minimum Gasteiger partial charge on any atom is -0.463 e. The molecule has 0 radical (unpaired) electrons. The Labute approximate surface area is 665 Å². The molecule has 2 saturated heterocycles. The minimum absolute atomic E-state index is 0.0143. The van der Waals surface area contributed by atoms with Crippen LogP contribution in [0, 0.1) is 104 Å². The first-order valence-electron chi connectivity index (χ1n) is 43.9. The predicted octanol–water partition coefficient (Wildman–Crippen LogP) is 18.4. The molecule has 6 bridgehead atoms. The van der Waals surface area contributed by atoms with Crippen molar-refractivity contribution in [2.45, 2.75) is 345 Å². The third-order valence-corrected chi connectivity index (χ3v) is 28.2. The van der Waals surface area contributed by atoms with Gasteiger partial charge in [-0.3, -0.25) is 38.4 Å². The number of carbonyl (C=O) groups excluding carboxylic acids is 8. The molecule has 0 aromatic rings. The summed E-state index contributed by atoms with van der Waals surface area (Å²) in [6.07, 6.45) is 28.7. The highest BCUT2D eigenvalue weighted by atomic mass is 16.6. The van der Waals surface area contributed by atoms with Gasteiger partial charge >= 0.3 is 17.9 Å². The fraction of sp³-hybridized carbons (Fsp3) is 0.890. The van der Waals surface area contributed by atoms with Gasteiger partial charge in [-0.25, -0.2) is 0 Å². The van der Waals surface area contributed by atoms with Crippen LogP contribution < -0.4 is 5.32 Å². The Bertz CT molecular complexity index is 2810. The summed E-state index contributed by atoms with van der Waals surface area (Å²) in [5, 5.41) is 2.85. The number of carbonyl (C=O) groups is 8. The van der Waals surface area contributed by atoms with Crippen molar-refractivity contribution in [2.24, 2.45) is 104 Å². The SMILES string of the molecule is CCC(C)(C)C(=O)OC1CC2CC1C1CCCC21.CCC(C)(C)C(=O)OC1CC2CCC1(C)C2(C)C.CCC(C)(C)C(=O)OCCOC1CC2CC1C1C=CCC21.CCC(C)C(=O)N(C)C.CCC(C)C(=O)N(CC)CC.CCC(C)C(=O)N1CCOCC1.CCC(C)C(=O)NC(C)C.CCC(C)N1CCCC1=O. The van der Waals surface area contributed by atoms with E-state index in [9.17, 15) is 38.4 Å². The number of amides is 5. The molecule has 0 spiro atoms. The zero-order valence-corrected chi connectivity index (χ0v) is 74.9. The molecule has 18 heteroatoms. The number of ether oxygens (including phenoxy) is 5. The summed E-state index contributed by atoms with van der Waals surface area (Å²) in [7, 11) is 3.57. The zero-order chi connectivity index (χ0) is 82.7. The van der Waals surface area contributed by atoms with E-state index in [4.69, 9.17) is 23.7 Å². The van der Waals surface area contributed by atoms with Gasteiger partial charge in [-0.05, 0) is 257 Å². The molecule has 18 unspecified atom stereocenters. The van der Waals surface area contributed by atoms with Crippen LogP contribution in [0.2, 0.25) is 0 Å². The molecule has 2 aliphatic heterocycles. The second-order valence-corrected chi connectivity index (χ2v) is 37.2. The Balaban J connectivity index is 0.000000330. The van der Waals surface area contributed by atoms with E-state index < -0.39 is 0 Å². The lowest BCUT2D eigenvalue weighted by molar-refractivity contribution is -0.167. The normalized spacial score (nSPS) is 28.2. The van der Waals surface area contributed by atoms with E-state index >= 15 is 0 Å². The molecule has 1 N–H and O–H groups in total. The summed E-state index contributed by atoms with van der Waals surface area (Å²) in [6, 6.07) is 0.719. The molecule has 632 valence electrons. The van der Waals surface area contributed by atoms with E-state index in [0.29, 0.717) is 61.7 Å². The van der Waals surface area contributed by atoms with Crippen LogP contribution >= 0.6 is 0 Å². The van der Waals surface area contributed by atoms with E-state index in [2.05, 4.69) is 59.0 Å². The third kappa shape index (κ3) is 27.6. The molecule has 109 heavy (non-hydrogen) atoms. The van der Waals surface area contributed by atoms with Crippen molar-refractivity contribution in [1.29, 1.82) is 0 Å². The van der Waals surface area contributed by atoms with Crippen LogP contribution in [0.4, 0.5) is 0 Å². The van der Waals surface area contributed by atoms with Gasteiger partial charge in [-0.1, -0.05) is 122 Å². The molecule has 0 aromatic heterocycles. The number of likely N-dealkylation sites (tertiary alicyclic amines) is 1. The Morgan fingerprint density at radius 3 is 1.58 bits per heavy atom. The number of hydrogen-bond acceptors (Lipinski definition) is 13. The average molecular weight is 1540 g/mol. The molecule has 2 heterocycles. The van der Waals surface area contributed by atoms with Gasteiger partial charge in [0.1, 0.15) is 18.8 Å². The van der Waals surface area contributed by atoms with Crippen LogP contribution in [0.1, 0.15) is 315 Å². The first kappa shape index (κ1) is 98.6. The predicted molar refractivity (Wildman–Crippen MR) is 442 cm³/mol. The summed E-state index contributed by atoms with van der Waals surface area (Å²) < 4.78 is 28.3. The van der Waals surface area contributed by atoms with Crippen molar-refractivity contribution in [3.63, 3.8) is 0 Å². The molecule has 18 atom stereocenters. The van der Waals surface area contributed by atoms with Gasteiger partial charge in [0.15, 0.2) is 0 Å². The maximum Gasteiger partial charge on any atom is 0.311 e. The lowest BCUT2D eigenvalue weighted by Gasteiger charge is -2.39. The van der Waals surface area contributed by atoms with Gasteiger partial charge in [0, 0.05) is 94.4 Å². The smallest absolute Gasteiger partial charge is 0.311 e. The van der Waals surface area contributed by atoms with Crippen molar-refractivity contribution in [1.82, 2.24) is 24.9 Å². The Kier molecular flexibility index (Phi) is 41.7. The van der Waals surface area contributed by atoms with E-state index in [1.165, 1.54) is 57.8 Å². The quantitative estimate of drug-likeness (QED) is 0.0391. The van der Waals surface area contributed by atoms with Crippen molar-refractivity contribution in [3.05, 3.63) is 12.2 Å². The van der Waals surface area contributed by atoms with Crippen molar-refractivity contribution >= 4 is 47.4 Å². The van der Waals surface area contributed by atoms with E-state index in [1.807, 2.05) is 153 Å². The van der Waals surface area contributed by atoms with Gasteiger partial charge in [0.25, 0.3) is 0 Å². The van der Waals surface area contributed by atoms with Crippen LogP contribution in [0.5, 0.6) is 0 Å². The fourth-order valence-corrected chi connectivity index (χ4v) is 17.5. The first-order valence-corrected chi connectivity index (χ1v) is 43.9. The topological polar surface area (TPSA) is 208 Å². The number of morpholine rings is 1. The standard InChI is InChI=1S/C18H28O3.C16H26O2.C16H28O2.C9H17NO2.C9H19NO.C8H15NO.C8H17NO.C7H15NO/c1-4-18(2,3)17(19)21-9-8-20-16-11-12-10-15(16)14-7-5-6-13(12)14;1-4-16(2,3)15(17)18-14-9-10-8-13(14)12-7-5-6-11(10)12;1-7-14(2,3)13(17)18-12-10-11-8-9-16(12,6)15(11,4)5;1-3-8(2)9(11)10-4-6-12-7-5-10;1-5-8(4)9(11)10(6-2)7-3;1-3-7(2)9-6-4-5-8(9)10;1-5-7(4)8(10)9-6(2)3;1-5-6(2)7(9)8(3)4/h5,7,12-16H,4,6,8-11H2,1-3H3;10-14H,4-9H2,1-3H3;11-12H,7-10H2,1-6H3;8H,3-7H2,1-2H3;8H,5-7H2,1-4H3;7H,3-6H2,1-2H3;6-7H,5H2,1-4H3,(H,9,10);6H,5H2,1-4H3. The highest BCUT2D eigenvalue weighted by Crippen LogP contribution is 2.66. The molecule has 8 aliphatic carbocycles. The number of fused-ring (bicyclic) bond motifs is 12. The molecule has 0 aromatic carbocycles. The lowest BCUT2D eigenvalue weighted by atomic mass is 9.70. The van der Waals surface area contributed by atoms with Gasteiger partial charge < -0.3 is 48.6 Å². The second-order valence-electron chi connectivity index (χ2n) is 37.2. The highest BCUT2D eigenvalue weighted by Gasteiger charge is 2.63. The molecular weight excluding hydrogens is 1370 g/mol. The van der Waals surface area contributed by atoms with Crippen LogP contribution in [0.3, 0.4) is 0 Å². The van der Waals surface area contributed by atoms with Gasteiger partial charge in [0.2, 0.25) is 29.5 Å². The van der Waals surface area contributed by atoms with Crippen molar-refractivity contribution in [3.8, 4) is 0 Å². The molecule has 10 rings (SSSR count).